The van der Waals surface area contributed by atoms with Gasteiger partial charge in [-0.3, -0.25) is 0 Å². The Morgan fingerprint density at radius 3 is 3.08 bits per heavy atom. The number of hydrogen-bond donors (Lipinski definition) is 2. The second kappa shape index (κ2) is 3.82. The van der Waals surface area contributed by atoms with Gasteiger partial charge in [-0.1, -0.05) is 22.9 Å². The molecular weight excluding hydrogens is 208 g/mol. The lowest BCUT2D eigenvalue weighted by Crippen LogP contribution is -2.21. The van der Waals surface area contributed by atoms with E-state index in [0.717, 1.165) is 18.0 Å². The second-order valence-electron chi connectivity index (χ2n) is 3.26. The normalized spacial score (nSPS) is 18.6. The van der Waals surface area contributed by atoms with E-state index >= 15 is 0 Å². The van der Waals surface area contributed by atoms with E-state index in [4.69, 9.17) is 11.6 Å². The minimum absolute atomic E-state index is 0.234. The van der Waals surface area contributed by atoms with Gasteiger partial charge >= 0.3 is 0 Å². The quantitative estimate of drug-likeness (QED) is 0.813. The zero-order valence-corrected chi connectivity index (χ0v) is 8.61. The van der Waals surface area contributed by atoms with Crippen LogP contribution in [0.5, 0.6) is 0 Å². The molecule has 0 spiro atoms. The Balaban J connectivity index is 1.78. The van der Waals surface area contributed by atoms with E-state index in [-0.39, 0.29) is 6.10 Å². The Hall–Kier alpha value is -0.320. The number of anilines is 1. The highest BCUT2D eigenvalue weighted by atomic mass is 35.5. The molecule has 0 amide bonds. The van der Waals surface area contributed by atoms with E-state index < -0.39 is 0 Å². The highest BCUT2D eigenvalue weighted by molar-refractivity contribution is 7.19. The van der Waals surface area contributed by atoms with Crippen LogP contribution in [0.3, 0.4) is 0 Å². The van der Waals surface area contributed by atoms with Crippen molar-refractivity contribution in [3.63, 3.8) is 0 Å². The van der Waals surface area contributed by atoms with Gasteiger partial charge in [0, 0.05) is 6.54 Å². The SMILES string of the molecule is OC(CNc1ncc(Cl)s1)C1CC1. The van der Waals surface area contributed by atoms with Gasteiger partial charge in [-0.15, -0.1) is 0 Å². The zero-order valence-electron chi connectivity index (χ0n) is 7.03. The molecule has 72 valence electrons. The van der Waals surface area contributed by atoms with Crippen molar-refractivity contribution >= 4 is 28.1 Å². The molecule has 1 fully saturated rings. The van der Waals surface area contributed by atoms with Crippen LogP contribution in [0.1, 0.15) is 12.8 Å². The van der Waals surface area contributed by atoms with E-state index in [0.29, 0.717) is 16.8 Å². The average molecular weight is 219 g/mol. The summed E-state index contributed by atoms with van der Waals surface area (Å²) in [5, 5.41) is 13.4. The van der Waals surface area contributed by atoms with Crippen molar-refractivity contribution < 1.29 is 5.11 Å². The molecule has 1 aliphatic rings. The van der Waals surface area contributed by atoms with Gasteiger partial charge in [-0.2, -0.15) is 0 Å². The first-order valence-electron chi connectivity index (χ1n) is 4.29. The molecule has 1 atom stereocenters. The van der Waals surface area contributed by atoms with Crippen molar-refractivity contribution in [3.05, 3.63) is 10.5 Å². The van der Waals surface area contributed by atoms with Gasteiger partial charge in [0.25, 0.3) is 0 Å². The van der Waals surface area contributed by atoms with Crippen molar-refractivity contribution in [1.29, 1.82) is 0 Å². The number of nitrogens with zero attached hydrogens (tertiary/aromatic N) is 1. The molecule has 0 bridgehead atoms. The van der Waals surface area contributed by atoms with Crippen LogP contribution in [-0.2, 0) is 0 Å². The van der Waals surface area contributed by atoms with Crippen molar-refractivity contribution in [1.82, 2.24) is 4.98 Å². The molecule has 1 saturated carbocycles. The van der Waals surface area contributed by atoms with Crippen LogP contribution < -0.4 is 5.32 Å². The third kappa shape index (κ3) is 2.56. The summed E-state index contributed by atoms with van der Waals surface area (Å²) < 4.78 is 0.670. The fourth-order valence-electron chi connectivity index (χ4n) is 1.18. The van der Waals surface area contributed by atoms with E-state index in [1.807, 2.05) is 0 Å². The maximum Gasteiger partial charge on any atom is 0.184 e. The predicted molar refractivity (Wildman–Crippen MR) is 54.3 cm³/mol. The van der Waals surface area contributed by atoms with Gasteiger partial charge in [0.15, 0.2) is 5.13 Å². The third-order valence-electron chi connectivity index (χ3n) is 2.11. The number of hydrogen-bond acceptors (Lipinski definition) is 4. The van der Waals surface area contributed by atoms with Crippen LogP contribution in [0.2, 0.25) is 4.34 Å². The van der Waals surface area contributed by atoms with E-state index in [1.54, 1.807) is 6.20 Å². The monoisotopic (exact) mass is 218 g/mol. The largest absolute Gasteiger partial charge is 0.391 e. The summed E-state index contributed by atoms with van der Waals surface area (Å²) in [6, 6.07) is 0. The Morgan fingerprint density at radius 1 is 1.77 bits per heavy atom. The van der Waals surface area contributed by atoms with E-state index in [2.05, 4.69) is 10.3 Å². The number of thiazole rings is 1. The second-order valence-corrected chi connectivity index (χ2v) is 4.92. The molecule has 5 heteroatoms. The first-order valence-corrected chi connectivity index (χ1v) is 5.48. The van der Waals surface area contributed by atoms with Crippen LogP contribution in [0.25, 0.3) is 0 Å². The maximum absolute atomic E-state index is 9.54. The summed E-state index contributed by atoms with van der Waals surface area (Å²) in [5.41, 5.74) is 0. The van der Waals surface area contributed by atoms with Crippen molar-refractivity contribution in [2.24, 2.45) is 5.92 Å². The lowest BCUT2D eigenvalue weighted by molar-refractivity contribution is 0.164. The minimum atomic E-state index is -0.234. The molecule has 1 aromatic heterocycles. The summed E-state index contributed by atoms with van der Waals surface area (Å²) in [7, 11) is 0. The molecule has 1 aliphatic carbocycles. The molecule has 1 heterocycles. The highest BCUT2D eigenvalue weighted by Gasteiger charge is 2.29. The fraction of sp³-hybridized carbons (Fsp3) is 0.625. The number of rotatable bonds is 4. The number of aliphatic hydroxyl groups is 1. The Labute approximate surface area is 85.8 Å². The van der Waals surface area contributed by atoms with Gasteiger partial charge in [-0.05, 0) is 18.8 Å². The molecule has 0 aromatic carbocycles. The number of halogens is 1. The van der Waals surface area contributed by atoms with Crippen LogP contribution in [-0.4, -0.2) is 22.7 Å². The molecule has 0 radical (unpaired) electrons. The summed E-state index contributed by atoms with van der Waals surface area (Å²) in [5.74, 6) is 0.503. The van der Waals surface area contributed by atoms with Crippen LogP contribution in [0, 0.1) is 5.92 Å². The summed E-state index contributed by atoms with van der Waals surface area (Å²) in [4.78, 5) is 4.03. The smallest absolute Gasteiger partial charge is 0.184 e. The molecule has 3 nitrogen and oxygen atoms in total. The predicted octanol–water partition coefficient (Wildman–Crippen LogP) is 1.98. The molecule has 0 aliphatic heterocycles. The summed E-state index contributed by atoms with van der Waals surface area (Å²) >= 11 is 7.10. The first-order chi connectivity index (χ1) is 6.25. The van der Waals surface area contributed by atoms with E-state index in [1.165, 1.54) is 11.3 Å². The standard InChI is InChI=1S/C8H11ClN2OS/c9-7-4-11-8(13-7)10-3-6(12)5-1-2-5/h4-6,12H,1-3H2,(H,10,11). The molecule has 2 rings (SSSR count). The number of aromatic nitrogens is 1. The maximum atomic E-state index is 9.54. The molecule has 1 aromatic rings. The van der Waals surface area contributed by atoms with Gasteiger partial charge in [-0.25, -0.2) is 4.98 Å². The lowest BCUT2D eigenvalue weighted by atomic mass is 10.2. The van der Waals surface area contributed by atoms with Crippen molar-refractivity contribution in [2.45, 2.75) is 18.9 Å². The molecule has 13 heavy (non-hydrogen) atoms. The Bertz CT molecular complexity index is 287. The van der Waals surface area contributed by atoms with Crippen molar-refractivity contribution in [2.75, 3.05) is 11.9 Å². The average Bonchev–Trinajstić information content (AvgIpc) is 2.87. The summed E-state index contributed by atoms with van der Waals surface area (Å²) in [6.45, 7) is 0.578. The van der Waals surface area contributed by atoms with Crippen LogP contribution in [0.4, 0.5) is 5.13 Å². The Morgan fingerprint density at radius 2 is 2.54 bits per heavy atom. The third-order valence-corrected chi connectivity index (χ3v) is 3.18. The van der Waals surface area contributed by atoms with Gasteiger partial charge in [0.2, 0.25) is 0 Å². The number of aliphatic hydroxyl groups excluding tert-OH is 1. The van der Waals surface area contributed by atoms with Crippen molar-refractivity contribution in [3.8, 4) is 0 Å². The molecular formula is C8H11ClN2OS. The van der Waals surface area contributed by atoms with E-state index in [9.17, 15) is 5.11 Å². The van der Waals surface area contributed by atoms with Crippen LogP contribution >= 0.6 is 22.9 Å². The summed E-state index contributed by atoms with van der Waals surface area (Å²) in [6.07, 6.45) is 3.68. The van der Waals surface area contributed by atoms with Gasteiger partial charge < -0.3 is 10.4 Å². The molecule has 2 N–H and O–H groups in total. The van der Waals surface area contributed by atoms with Crippen LogP contribution in [0.15, 0.2) is 6.20 Å². The highest BCUT2D eigenvalue weighted by Crippen LogP contribution is 2.32. The van der Waals surface area contributed by atoms with Gasteiger partial charge in [0.05, 0.1) is 12.3 Å². The van der Waals surface area contributed by atoms with Gasteiger partial charge in [0.1, 0.15) is 4.34 Å². The molecule has 1 unspecified atom stereocenters. The molecule has 0 saturated heterocycles. The topological polar surface area (TPSA) is 45.1 Å². The lowest BCUT2D eigenvalue weighted by Gasteiger charge is -2.08. The Kier molecular flexibility index (Phi) is 2.71. The minimum Gasteiger partial charge on any atom is -0.391 e. The fourth-order valence-corrected chi connectivity index (χ4v) is 1.99. The number of nitrogens with one attached hydrogen (secondary N) is 1. The zero-order chi connectivity index (χ0) is 9.26. The first kappa shape index (κ1) is 9.24.